The Hall–Kier alpha value is -2.58. The molecule has 0 fully saturated rings. The van der Waals surface area contributed by atoms with Crippen molar-refractivity contribution in [3.8, 4) is 10.6 Å². The fraction of sp³-hybridized carbons (Fsp3) is 0.182. The minimum absolute atomic E-state index is 0.623. The maximum Gasteiger partial charge on any atom is 0.398 e. The Kier molecular flexibility index (Phi) is 5.71. The zero-order valence-electron chi connectivity index (χ0n) is 16.2. The highest BCUT2D eigenvalue weighted by Crippen LogP contribution is 2.35. The molecule has 0 spiro atoms. The molecule has 30 heavy (non-hydrogen) atoms. The smallest absolute Gasteiger partial charge is 0.355 e. The highest BCUT2D eigenvalue weighted by Gasteiger charge is 2.27. The molecule has 0 aliphatic carbocycles. The number of thioether (sulfide) groups is 1. The van der Waals surface area contributed by atoms with Crippen molar-refractivity contribution >= 4 is 44.7 Å². The van der Waals surface area contributed by atoms with Crippen LogP contribution in [0.3, 0.4) is 0 Å². The van der Waals surface area contributed by atoms with E-state index in [0.717, 1.165) is 55.1 Å². The van der Waals surface area contributed by atoms with Gasteiger partial charge in [-0.15, -0.1) is 23.1 Å². The summed E-state index contributed by atoms with van der Waals surface area (Å²) in [5, 5.41) is 4.25. The predicted molar refractivity (Wildman–Crippen MR) is 119 cm³/mol. The van der Waals surface area contributed by atoms with Gasteiger partial charge in [0.05, 0.1) is 16.0 Å². The lowest BCUT2D eigenvalue weighted by Gasteiger charge is -2.15. The van der Waals surface area contributed by atoms with Crippen LogP contribution in [-0.2, 0) is 0 Å². The topological polar surface area (TPSA) is 37.8 Å². The normalized spacial score (nSPS) is 11.8. The van der Waals surface area contributed by atoms with Gasteiger partial charge in [-0.05, 0) is 61.4 Å². The van der Waals surface area contributed by atoms with E-state index in [2.05, 4.69) is 15.3 Å². The minimum atomic E-state index is -4.20. The number of nitrogens with one attached hydrogen (secondary N) is 1. The summed E-state index contributed by atoms with van der Waals surface area (Å²) in [4.78, 5) is 9.43. The summed E-state index contributed by atoms with van der Waals surface area (Å²) in [6, 6.07) is 13.4. The van der Waals surface area contributed by atoms with E-state index >= 15 is 0 Å². The van der Waals surface area contributed by atoms with Crippen LogP contribution in [0.2, 0.25) is 0 Å². The van der Waals surface area contributed by atoms with Gasteiger partial charge in [0, 0.05) is 34.2 Å². The summed E-state index contributed by atoms with van der Waals surface area (Å²) in [7, 11) is 0. The molecule has 3 nitrogen and oxygen atoms in total. The third-order valence-electron chi connectivity index (χ3n) is 4.49. The number of aryl methyl sites for hydroxylation is 2. The van der Waals surface area contributed by atoms with Crippen LogP contribution >= 0.6 is 23.1 Å². The molecule has 4 aromatic rings. The first kappa shape index (κ1) is 20.7. The van der Waals surface area contributed by atoms with Crippen molar-refractivity contribution in [2.45, 2.75) is 24.9 Å². The van der Waals surface area contributed by atoms with Crippen LogP contribution in [0, 0.1) is 13.8 Å². The zero-order chi connectivity index (χ0) is 21.3. The first-order valence-electron chi connectivity index (χ1n) is 9.17. The molecular weight excluding hydrogens is 427 g/mol. The maximum absolute atomic E-state index is 12.6. The van der Waals surface area contributed by atoms with Crippen molar-refractivity contribution in [2.75, 3.05) is 11.1 Å². The molecule has 154 valence electrons. The third-order valence-corrected chi connectivity index (χ3v) is 6.78. The third kappa shape index (κ3) is 4.76. The number of benzene rings is 2. The van der Waals surface area contributed by atoms with Crippen molar-refractivity contribution in [3.05, 3.63) is 66.0 Å². The maximum atomic E-state index is 12.6. The Labute approximate surface area is 180 Å². The summed E-state index contributed by atoms with van der Waals surface area (Å²) in [5.74, 6) is -0.902. The van der Waals surface area contributed by atoms with E-state index in [0.29, 0.717) is 4.90 Å². The molecule has 0 aliphatic rings. The molecule has 0 aliphatic heterocycles. The minimum Gasteiger partial charge on any atom is -0.355 e. The van der Waals surface area contributed by atoms with Gasteiger partial charge in [-0.2, -0.15) is 13.2 Å². The molecular formula is C22H18F3N3S2. The Morgan fingerprint density at radius 2 is 1.90 bits per heavy atom. The summed E-state index contributed by atoms with van der Waals surface area (Å²) in [6.45, 7) is 3.78. The van der Waals surface area contributed by atoms with Crippen molar-refractivity contribution < 1.29 is 13.2 Å². The first-order chi connectivity index (χ1) is 14.3. The van der Waals surface area contributed by atoms with Crippen LogP contribution in [0.25, 0.3) is 20.8 Å². The van der Waals surface area contributed by atoms with Gasteiger partial charge in [-0.25, -0.2) is 4.98 Å². The fourth-order valence-corrected chi connectivity index (χ4v) is 4.85. The van der Waals surface area contributed by atoms with Crippen LogP contribution < -0.4 is 5.32 Å². The van der Waals surface area contributed by atoms with Gasteiger partial charge < -0.3 is 5.32 Å². The number of anilines is 2. The number of nitrogens with zero attached hydrogens (tertiary/aromatic N) is 2. The lowest BCUT2D eigenvalue weighted by Crippen LogP contribution is -2.10. The Balaban J connectivity index is 1.60. The van der Waals surface area contributed by atoms with Gasteiger partial charge in [-0.3, -0.25) is 4.98 Å². The van der Waals surface area contributed by atoms with E-state index in [9.17, 15) is 13.2 Å². The van der Waals surface area contributed by atoms with E-state index < -0.39 is 11.9 Å². The molecule has 0 radical (unpaired) electrons. The number of pyridine rings is 1. The van der Waals surface area contributed by atoms with Gasteiger partial charge in [0.2, 0.25) is 0 Å². The number of thiazole rings is 1. The average Bonchev–Trinajstić information content (AvgIpc) is 3.12. The van der Waals surface area contributed by atoms with Crippen LogP contribution in [0.5, 0.6) is 0 Å². The molecule has 2 heterocycles. The molecule has 2 aromatic carbocycles. The molecule has 4 rings (SSSR count). The molecule has 2 aromatic heterocycles. The fourth-order valence-electron chi connectivity index (χ4n) is 3.05. The highest BCUT2D eigenvalue weighted by atomic mass is 32.2. The predicted octanol–water partition coefficient (Wildman–Crippen LogP) is 7.37. The first-order valence-corrected chi connectivity index (χ1v) is 11.0. The Morgan fingerprint density at radius 3 is 2.63 bits per heavy atom. The van der Waals surface area contributed by atoms with Crippen LogP contribution in [0.15, 0.2) is 59.8 Å². The highest BCUT2D eigenvalue weighted by molar-refractivity contribution is 7.99. The van der Waals surface area contributed by atoms with E-state index in [-0.39, 0.29) is 0 Å². The zero-order valence-corrected chi connectivity index (χ0v) is 17.9. The number of rotatable bonds is 5. The van der Waals surface area contributed by atoms with Crippen LogP contribution in [-0.4, -0.2) is 21.9 Å². The number of aromatic nitrogens is 2. The number of hydrogen-bond donors (Lipinski definition) is 1. The van der Waals surface area contributed by atoms with Crippen LogP contribution in [0.1, 0.15) is 11.1 Å². The van der Waals surface area contributed by atoms with Gasteiger partial charge >= 0.3 is 6.18 Å². The molecule has 8 heteroatoms. The number of fused-ring (bicyclic) bond motifs is 1. The largest absolute Gasteiger partial charge is 0.398 e. The van der Waals surface area contributed by atoms with Crippen molar-refractivity contribution in [2.24, 2.45) is 0 Å². The SMILES string of the molecule is Cc1cc(C)c(SCC(F)(F)F)cc1Nc1ccc2nc(-c3cccnc3)sc2c1. The second kappa shape index (κ2) is 8.28. The lowest BCUT2D eigenvalue weighted by atomic mass is 10.1. The second-order valence-corrected chi connectivity index (χ2v) is 8.95. The number of hydrogen-bond acceptors (Lipinski definition) is 5. The summed E-state index contributed by atoms with van der Waals surface area (Å²) < 4.78 is 38.9. The van der Waals surface area contributed by atoms with E-state index in [4.69, 9.17) is 0 Å². The van der Waals surface area contributed by atoms with Gasteiger partial charge in [-0.1, -0.05) is 6.07 Å². The average molecular weight is 446 g/mol. The van der Waals surface area contributed by atoms with Crippen LogP contribution in [0.4, 0.5) is 24.5 Å². The summed E-state index contributed by atoms with van der Waals surface area (Å²) in [5.41, 5.74) is 5.33. The van der Waals surface area contributed by atoms with Gasteiger partial charge in [0.15, 0.2) is 0 Å². The summed E-state index contributed by atoms with van der Waals surface area (Å²) >= 11 is 2.39. The van der Waals surface area contributed by atoms with E-state index in [1.807, 2.05) is 50.2 Å². The quantitative estimate of drug-likeness (QED) is 0.325. The molecule has 0 bridgehead atoms. The molecule has 0 atom stereocenters. The van der Waals surface area contributed by atoms with Crippen molar-refractivity contribution in [3.63, 3.8) is 0 Å². The molecule has 0 saturated heterocycles. The van der Waals surface area contributed by atoms with Crippen molar-refractivity contribution in [1.82, 2.24) is 9.97 Å². The van der Waals surface area contributed by atoms with Crippen molar-refractivity contribution in [1.29, 1.82) is 0 Å². The van der Waals surface area contributed by atoms with Gasteiger partial charge in [0.25, 0.3) is 0 Å². The number of halogens is 3. The molecule has 1 N–H and O–H groups in total. The molecule has 0 saturated carbocycles. The van der Waals surface area contributed by atoms with E-state index in [1.165, 1.54) is 0 Å². The summed E-state index contributed by atoms with van der Waals surface area (Å²) in [6.07, 6.45) is -0.685. The number of alkyl halides is 3. The standard InChI is InChI=1S/C22H18F3N3S2/c1-13-8-14(2)19(29-12-22(23,24)25)10-18(13)27-16-5-6-17-20(9-16)30-21(28-17)15-4-3-7-26-11-15/h3-11,27H,12H2,1-2H3. The second-order valence-electron chi connectivity index (χ2n) is 6.90. The van der Waals surface area contributed by atoms with E-state index in [1.54, 1.807) is 29.8 Å². The monoisotopic (exact) mass is 445 g/mol. The van der Waals surface area contributed by atoms with Gasteiger partial charge in [0.1, 0.15) is 5.01 Å². The Bertz CT molecular complexity index is 1190. The Morgan fingerprint density at radius 1 is 1.07 bits per heavy atom. The lowest BCUT2D eigenvalue weighted by molar-refractivity contribution is -0.105. The molecule has 0 amide bonds. The molecule has 0 unspecified atom stereocenters.